The van der Waals surface area contributed by atoms with Crippen LogP contribution in [0.15, 0.2) is 29.2 Å². The van der Waals surface area contributed by atoms with Gasteiger partial charge < -0.3 is 0 Å². The zero-order valence-corrected chi connectivity index (χ0v) is 13.0. The Labute approximate surface area is 120 Å². The average Bonchev–Trinajstić information content (AvgIpc) is 2.38. The number of hydrogen-bond donors (Lipinski definition) is 0. The monoisotopic (exact) mass is 301 g/mol. The van der Waals surface area contributed by atoms with E-state index in [1.54, 1.807) is 22.5 Å². The van der Waals surface area contributed by atoms with Crippen LogP contribution in [0.1, 0.15) is 32.3 Å². The van der Waals surface area contributed by atoms with Crippen molar-refractivity contribution < 1.29 is 8.42 Å². The maximum absolute atomic E-state index is 12.6. The topological polar surface area (TPSA) is 37.4 Å². The molecule has 0 N–H and O–H groups in total. The summed E-state index contributed by atoms with van der Waals surface area (Å²) in [5.74, 6) is 0.217. The van der Waals surface area contributed by atoms with E-state index in [1.807, 2.05) is 6.07 Å². The number of halogens is 1. The van der Waals surface area contributed by atoms with Gasteiger partial charge in [-0.2, -0.15) is 4.31 Å². The molecule has 19 heavy (non-hydrogen) atoms. The van der Waals surface area contributed by atoms with Crippen LogP contribution in [0.5, 0.6) is 0 Å². The van der Waals surface area contributed by atoms with Gasteiger partial charge in [-0.25, -0.2) is 8.42 Å². The lowest BCUT2D eigenvalue weighted by molar-refractivity contribution is 0.196. The Morgan fingerprint density at radius 1 is 1.21 bits per heavy atom. The Kier molecular flexibility index (Phi) is 4.23. The molecule has 106 valence electrons. The summed E-state index contributed by atoms with van der Waals surface area (Å²) in [5.41, 5.74) is 0.909. The van der Waals surface area contributed by atoms with Crippen LogP contribution in [0.25, 0.3) is 0 Å². The Morgan fingerprint density at radius 2 is 1.79 bits per heavy atom. The largest absolute Gasteiger partial charge is 0.243 e. The molecule has 1 aromatic carbocycles. The molecule has 5 heteroatoms. The molecule has 1 fully saturated rings. The van der Waals surface area contributed by atoms with Gasteiger partial charge in [0, 0.05) is 19.0 Å². The van der Waals surface area contributed by atoms with Crippen LogP contribution in [0.2, 0.25) is 0 Å². The van der Waals surface area contributed by atoms with Gasteiger partial charge in [0.05, 0.1) is 4.90 Å². The fourth-order valence-electron chi connectivity index (χ4n) is 2.34. The number of alkyl halides is 1. The molecule has 1 aliphatic rings. The second-order valence-electron chi connectivity index (χ2n) is 5.81. The van der Waals surface area contributed by atoms with E-state index in [1.165, 1.54) is 0 Å². The van der Waals surface area contributed by atoms with Crippen molar-refractivity contribution in [2.75, 3.05) is 13.1 Å². The summed E-state index contributed by atoms with van der Waals surface area (Å²) in [4.78, 5) is 0.352. The molecule has 0 saturated carbocycles. The number of rotatable bonds is 3. The molecule has 0 bridgehead atoms. The van der Waals surface area contributed by atoms with Gasteiger partial charge in [-0.15, -0.1) is 11.6 Å². The van der Waals surface area contributed by atoms with Crippen LogP contribution in [-0.2, 0) is 15.9 Å². The van der Waals surface area contributed by atoms with Crippen molar-refractivity contribution in [3.63, 3.8) is 0 Å². The van der Waals surface area contributed by atoms with Crippen molar-refractivity contribution in [1.82, 2.24) is 4.31 Å². The molecular formula is C14H20ClNO2S. The summed E-state index contributed by atoms with van der Waals surface area (Å²) >= 11 is 5.84. The Bertz CT molecular complexity index is 544. The van der Waals surface area contributed by atoms with Gasteiger partial charge in [0.15, 0.2) is 0 Å². The number of sulfonamides is 1. The first-order valence-electron chi connectivity index (χ1n) is 6.51. The fraction of sp³-hybridized carbons (Fsp3) is 0.571. The van der Waals surface area contributed by atoms with Gasteiger partial charge in [0.25, 0.3) is 0 Å². The summed E-state index contributed by atoms with van der Waals surface area (Å²) in [5, 5.41) is 0. The van der Waals surface area contributed by atoms with Gasteiger partial charge in [-0.3, -0.25) is 0 Å². The Hall–Kier alpha value is -0.580. The summed E-state index contributed by atoms with van der Waals surface area (Å²) < 4.78 is 26.9. The van der Waals surface area contributed by atoms with E-state index >= 15 is 0 Å². The summed E-state index contributed by atoms with van der Waals surface area (Å²) in [7, 11) is -3.41. The van der Waals surface area contributed by atoms with Gasteiger partial charge in [-0.1, -0.05) is 32.0 Å². The fourth-order valence-corrected chi connectivity index (χ4v) is 4.31. The second kappa shape index (κ2) is 5.43. The lowest BCUT2D eigenvalue weighted by Gasteiger charge is -2.36. The number of nitrogens with zero attached hydrogens (tertiary/aromatic N) is 1. The van der Waals surface area contributed by atoms with Crippen molar-refractivity contribution in [3.8, 4) is 0 Å². The van der Waals surface area contributed by atoms with Gasteiger partial charge >= 0.3 is 0 Å². The molecule has 0 aromatic heterocycles. The highest BCUT2D eigenvalue weighted by atomic mass is 35.5. The summed E-state index contributed by atoms with van der Waals surface area (Å²) in [6.45, 7) is 5.55. The SMILES string of the molecule is CC1(C)CCN(S(=O)(=O)c2ccccc2CCl)CC1. The lowest BCUT2D eigenvalue weighted by atomic mass is 9.83. The van der Waals surface area contributed by atoms with E-state index < -0.39 is 10.0 Å². The zero-order chi connectivity index (χ0) is 14.1. The normalized spacial score (nSPS) is 20.4. The third kappa shape index (κ3) is 3.12. The van der Waals surface area contributed by atoms with E-state index in [9.17, 15) is 8.42 Å². The van der Waals surface area contributed by atoms with E-state index in [0.29, 0.717) is 23.5 Å². The molecule has 0 radical (unpaired) electrons. The van der Waals surface area contributed by atoms with Crippen molar-refractivity contribution in [2.24, 2.45) is 5.41 Å². The molecule has 3 nitrogen and oxygen atoms in total. The van der Waals surface area contributed by atoms with Crippen LogP contribution < -0.4 is 0 Å². The number of benzene rings is 1. The first-order chi connectivity index (χ1) is 8.87. The van der Waals surface area contributed by atoms with E-state index in [-0.39, 0.29) is 11.3 Å². The van der Waals surface area contributed by atoms with Crippen LogP contribution in [-0.4, -0.2) is 25.8 Å². The summed E-state index contributed by atoms with van der Waals surface area (Å²) in [6, 6.07) is 6.98. The van der Waals surface area contributed by atoms with Crippen LogP contribution in [0.3, 0.4) is 0 Å². The standard InChI is InChI=1S/C14H20ClNO2S/c1-14(2)7-9-16(10-8-14)19(17,18)13-6-4-3-5-12(13)11-15/h3-6H,7-11H2,1-2H3. The molecule has 1 aromatic rings. The minimum absolute atomic E-state index is 0.217. The van der Waals surface area contributed by atoms with E-state index in [0.717, 1.165) is 12.8 Å². The molecular weight excluding hydrogens is 282 g/mol. The molecule has 2 rings (SSSR count). The van der Waals surface area contributed by atoms with E-state index in [4.69, 9.17) is 11.6 Å². The summed E-state index contributed by atoms with van der Waals surface area (Å²) in [6.07, 6.45) is 1.80. The molecule has 0 aliphatic carbocycles. The molecule has 1 heterocycles. The number of piperidine rings is 1. The minimum atomic E-state index is -3.41. The highest BCUT2D eigenvalue weighted by molar-refractivity contribution is 7.89. The highest BCUT2D eigenvalue weighted by Gasteiger charge is 2.33. The number of hydrogen-bond acceptors (Lipinski definition) is 2. The van der Waals surface area contributed by atoms with E-state index in [2.05, 4.69) is 13.8 Å². The third-order valence-corrected chi connectivity index (χ3v) is 6.10. The maximum Gasteiger partial charge on any atom is 0.243 e. The Morgan fingerprint density at radius 3 is 2.37 bits per heavy atom. The average molecular weight is 302 g/mol. The van der Waals surface area contributed by atoms with Crippen LogP contribution in [0, 0.1) is 5.41 Å². The molecule has 1 aliphatic heterocycles. The van der Waals surface area contributed by atoms with Crippen LogP contribution >= 0.6 is 11.6 Å². The zero-order valence-electron chi connectivity index (χ0n) is 11.4. The van der Waals surface area contributed by atoms with Gasteiger partial charge in [0.2, 0.25) is 10.0 Å². The molecule has 0 atom stereocenters. The predicted octanol–water partition coefficient (Wildman–Crippen LogP) is 3.24. The predicted molar refractivity (Wildman–Crippen MR) is 77.8 cm³/mol. The van der Waals surface area contributed by atoms with Gasteiger partial charge in [-0.05, 0) is 29.9 Å². The molecule has 1 saturated heterocycles. The molecule has 0 unspecified atom stereocenters. The second-order valence-corrected chi connectivity index (χ2v) is 7.98. The van der Waals surface area contributed by atoms with Crippen molar-refractivity contribution in [1.29, 1.82) is 0 Å². The third-order valence-electron chi connectivity index (χ3n) is 3.81. The van der Waals surface area contributed by atoms with Gasteiger partial charge in [0.1, 0.15) is 0 Å². The smallest absolute Gasteiger partial charge is 0.207 e. The first-order valence-corrected chi connectivity index (χ1v) is 8.48. The molecule has 0 amide bonds. The first kappa shape index (κ1) is 14.8. The highest BCUT2D eigenvalue weighted by Crippen LogP contribution is 2.33. The van der Waals surface area contributed by atoms with Crippen molar-refractivity contribution in [3.05, 3.63) is 29.8 Å². The Balaban J connectivity index is 2.28. The van der Waals surface area contributed by atoms with Crippen molar-refractivity contribution in [2.45, 2.75) is 37.5 Å². The maximum atomic E-state index is 12.6. The minimum Gasteiger partial charge on any atom is -0.207 e. The molecule has 0 spiro atoms. The quantitative estimate of drug-likeness (QED) is 0.804. The van der Waals surface area contributed by atoms with Crippen molar-refractivity contribution >= 4 is 21.6 Å². The lowest BCUT2D eigenvalue weighted by Crippen LogP contribution is -2.41. The van der Waals surface area contributed by atoms with Crippen LogP contribution in [0.4, 0.5) is 0 Å².